The van der Waals surface area contributed by atoms with E-state index in [9.17, 15) is 4.79 Å². The van der Waals surface area contributed by atoms with E-state index in [1.54, 1.807) is 12.1 Å². The van der Waals surface area contributed by atoms with Gasteiger partial charge in [-0.25, -0.2) is 10.1 Å². The summed E-state index contributed by atoms with van der Waals surface area (Å²) < 4.78 is 6.00. The molecular weight excluding hydrogens is 460 g/mol. The molecule has 0 aliphatic rings. The van der Waals surface area contributed by atoms with E-state index in [0.717, 1.165) is 9.77 Å². The van der Waals surface area contributed by atoms with E-state index in [1.165, 1.54) is 27.8 Å². The van der Waals surface area contributed by atoms with E-state index < -0.39 is 5.91 Å². The monoisotopic (exact) mass is 474 g/mol. The average molecular weight is 475 g/mol. The lowest BCUT2D eigenvalue weighted by atomic mass is 10.3. The quantitative estimate of drug-likeness (QED) is 0.236. The van der Waals surface area contributed by atoms with Crippen molar-refractivity contribution < 1.29 is 9.42 Å². The molecule has 0 radical (unpaired) electrons. The molecule has 1 aromatic carbocycles. The molecule has 31 heavy (non-hydrogen) atoms. The normalized spacial score (nSPS) is 11.6. The summed E-state index contributed by atoms with van der Waals surface area (Å²) in [5.41, 5.74) is 9.56. The molecule has 158 valence electrons. The number of rotatable bonds is 7. The maximum atomic E-state index is 12.8. The Kier molecular flexibility index (Phi) is 6.30. The second-order valence-electron chi connectivity index (χ2n) is 6.13. The van der Waals surface area contributed by atoms with E-state index in [4.69, 9.17) is 17.3 Å². The minimum absolute atomic E-state index is 0.0289. The van der Waals surface area contributed by atoms with Gasteiger partial charge in [-0.15, -0.1) is 28.2 Å². The van der Waals surface area contributed by atoms with Gasteiger partial charge in [0.05, 0.1) is 11.4 Å². The predicted molar refractivity (Wildman–Crippen MR) is 119 cm³/mol. The number of carbonyl (C=O) groups is 1. The van der Waals surface area contributed by atoms with Crippen molar-refractivity contribution in [3.8, 4) is 5.82 Å². The first-order valence-electron chi connectivity index (χ1n) is 8.83. The van der Waals surface area contributed by atoms with Crippen molar-refractivity contribution in [1.29, 1.82) is 0 Å². The van der Waals surface area contributed by atoms with E-state index >= 15 is 0 Å². The van der Waals surface area contributed by atoms with Crippen molar-refractivity contribution in [2.24, 2.45) is 5.10 Å². The molecule has 0 saturated carbocycles. The lowest BCUT2D eigenvalue weighted by molar-refractivity contribution is 0.0949. The van der Waals surface area contributed by atoms with Crippen LogP contribution in [-0.2, 0) is 5.75 Å². The predicted octanol–water partition coefficient (Wildman–Crippen LogP) is 3.39. The summed E-state index contributed by atoms with van der Waals surface area (Å²) in [4.78, 5) is 14.7. The zero-order chi connectivity index (χ0) is 21.8. The molecular formula is C18H15ClN8O2S2. The van der Waals surface area contributed by atoms with E-state index in [-0.39, 0.29) is 17.3 Å². The fourth-order valence-electron chi connectivity index (χ4n) is 2.53. The van der Waals surface area contributed by atoms with Crippen LogP contribution in [-0.4, -0.2) is 36.9 Å². The van der Waals surface area contributed by atoms with Gasteiger partial charge in [-0.05, 0) is 52.9 Å². The molecule has 3 N–H and O–H groups in total. The molecule has 0 spiro atoms. The number of aromatic nitrogens is 5. The molecule has 4 rings (SSSR count). The molecule has 0 fully saturated rings. The Morgan fingerprint density at radius 2 is 2.13 bits per heavy atom. The molecule has 0 unspecified atom stereocenters. The number of nitrogens with two attached hydrogens (primary N) is 1. The second-order valence-corrected chi connectivity index (χ2v) is 8.56. The lowest BCUT2D eigenvalue weighted by Crippen LogP contribution is -2.21. The van der Waals surface area contributed by atoms with E-state index in [0.29, 0.717) is 22.2 Å². The Balaban J connectivity index is 1.61. The first-order chi connectivity index (χ1) is 15.0. The van der Waals surface area contributed by atoms with Crippen LogP contribution < -0.4 is 11.2 Å². The molecule has 3 aromatic heterocycles. The lowest BCUT2D eigenvalue weighted by Gasteiger charge is -2.06. The minimum atomic E-state index is -0.510. The Hall–Kier alpha value is -3.22. The number of benzene rings is 1. The van der Waals surface area contributed by atoms with Crippen LogP contribution in [0.5, 0.6) is 0 Å². The van der Waals surface area contributed by atoms with E-state index in [2.05, 4.69) is 35.8 Å². The second kappa shape index (κ2) is 9.29. The summed E-state index contributed by atoms with van der Waals surface area (Å²) in [5, 5.41) is 22.1. The molecule has 1 amide bonds. The molecule has 0 atom stereocenters. The van der Waals surface area contributed by atoms with Gasteiger partial charge < -0.3 is 5.73 Å². The average Bonchev–Trinajstić information content (AvgIpc) is 3.52. The number of halogens is 1. The number of carbonyl (C=O) groups excluding carboxylic acids is 1. The van der Waals surface area contributed by atoms with Gasteiger partial charge >= 0.3 is 0 Å². The maximum Gasteiger partial charge on any atom is 0.293 e. The fraction of sp³-hybridized carbons (Fsp3) is 0.111. The summed E-state index contributed by atoms with van der Waals surface area (Å²) in [7, 11) is 0. The molecule has 10 nitrogen and oxygen atoms in total. The van der Waals surface area contributed by atoms with Gasteiger partial charge in [-0.2, -0.15) is 9.78 Å². The van der Waals surface area contributed by atoms with Crippen LogP contribution in [0.2, 0.25) is 5.02 Å². The van der Waals surface area contributed by atoms with Crippen LogP contribution in [0.1, 0.15) is 28.0 Å². The van der Waals surface area contributed by atoms with Crippen LogP contribution in [0.4, 0.5) is 5.82 Å². The highest BCUT2D eigenvalue weighted by molar-refractivity contribution is 7.98. The Morgan fingerprint density at radius 1 is 1.32 bits per heavy atom. The highest BCUT2D eigenvalue weighted by Crippen LogP contribution is 2.27. The minimum Gasteiger partial charge on any atom is -0.378 e. The van der Waals surface area contributed by atoms with Gasteiger partial charge in [0.2, 0.25) is 11.6 Å². The Morgan fingerprint density at radius 3 is 2.81 bits per heavy atom. The summed E-state index contributed by atoms with van der Waals surface area (Å²) in [5.74, 6) is 0.0127. The number of amides is 1. The molecule has 0 bridgehead atoms. The summed E-state index contributed by atoms with van der Waals surface area (Å²) in [6.45, 7) is 1.81. The summed E-state index contributed by atoms with van der Waals surface area (Å²) in [6, 6.07) is 11.2. The van der Waals surface area contributed by atoms with Gasteiger partial charge in [0.25, 0.3) is 5.91 Å². The number of hydrazone groups is 1. The van der Waals surface area contributed by atoms with Gasteiger partial charge in [0, 0.05) is 20.5 Å². The van der Waals surface area contributed by atoms with Crippen molar-refractivity contribution >= 4 is 52.1 Å². The molecule has 0 saturated heterocycles. The van der Waals surface area contributed by atoms with Crippen LogP contribution >= 0.6 is 34.7 Å². The highest BCUT2D eigenvalue weighted by Gasteiger charge is 2.24. The highest BCUT2D eigenvalue weighted by atomic mass is 35.5. The number of hydrogen-bond acceptors (Lipinski definition) is 10. The number of nitrogens with zero attached hydrogens (tertiary/aromatic N) is 6. The Bertz CT molecular complexity index is 1220. The van der Waals surface area contributed by atoms with Crippen molar-refractivity contribution in [2.45, 2.75) is 17.6 Å². The third-order valence-corrected chi connectivity index (χ3v) is 6.32. The van der Waals surface area contributed by atoms with Gasteiger partial charge in [-0.1, -0.05) is 22.9 Å². The third kappa shape index (κ3) is 4.76. The number of nitrogens with one attached hydrogen (secondary N) is 1. The zero-order valence-corrected chi connectivity index (χ0v) is 18.4. The topological polar surface area (TPSA) is 137 Å². The summed E-state index contributed by atoms with van der Waals surface area (Å²) in [6.07, 6.45) is 0. The van der Waals surface area contributed by atoms with Gasteiger partial charge in [0.1, 0.15) is 0 Å². The van der Waals surface area contributed by atoms with Crippen molar-refractivity contribution in [3.05, 3.63) is 63.1 Å². The van der Waals surface area contributed by atoms with Crippen molar-refractivity contribution in [1.82, 2.24) is 30.7 Å². The number of thioether (sulfide) groups is 1. The number of hydrogen-bond donors (Lipinski definition) is 2. The van der Waals surface area contributed by atoms with Crippen molar-refractivity contribution in [2.75, 3.05) is 5.73 Å². The molecule has 4 aromatic rings. The van der Waals surface area contributed by atoms with Crippen molar-refractivity contribution in [3.63, 3.8) is 0 Å². The SMILES string of the molecule is CC(=NNC(=O)c1nnn(-c2nonc2N)c1CSc1ccc(Cl)cc1)c1cccs1. The third-order valence-electron chi connectivity index (χ3n) is 4.07. The standard InChI is InChI=1S/C18H15ClN8O2S2/c1-10(14-3-2-8-30-14)21-23-18(28)15-13(9-31-12-6-4-11(19)5-7-12)27(26-22-15)17-16(20)24-29-25-17/h2-8H,9H2,1H3,(H2,20,24)(H,23,28). The van der Waals surface area contributed by atoms with E-state index in [1.807, 2.05) is 36.6 Å². The first kappa shape index (κ1) is 21.0. The smallest absolute Gasteiger partial charge is 0.293 e. The fourth-order valence-corrected chi connectivity index (χ4v) is 4.22. The number of anilines is 1. The van der Waals surface area contributed by atoms with Gasteiger partial charge in [0.15, 0.2) is 5.69 Å². The molecule has 0 aliphatic carbocycles. The van der Waals surface area contributed by atoms with Crippen LogP contribution in [0.15, 0.2) is 56.4 Å². The summed E-state index contributed by atoms with van der Waals surface area (Å²) >= 11 is 8.94. The number of thiophene rings is 1. The van der Waals surface area contributed by atoms with Crippen LogP contribution in [0.3, 0.4) is 0 Å². The molecule has 3 heterocycles. The Labute approximate surface area is 189 Å². The largest absolute Gasteiger partial charge is 0.378 e. The van der Waals surface area contributed by atoms with Crippen LogP contribution in [0.25, 0.3) is 5.82 Å². The molecule has 0 aliphatic heterocycles. The van der Waals surface area contributed by atoms with Crippen LogP contribution in [0, 0.1) is 0 Å². The number of nitrogen functional groups attached to an aromatic ring is 1. The molecule has 13 heteroatoms. The first-order valence-corrected chi connectivity index (χ1v) is 11.1. The zero-order valence-electron chi connectivity index (χ0n) is 16.0. The maximum absolute atomic E-state index is 12.8. The van der Waals surface area contributed by atoms with Gasteiger partial charge in [-0.3, -0.25) is 4.79 Å².